The van der Waals surface area contributed by atoms with Gasteiger partial charge in [-0.1, -0.05) is 30.3 Å². The van der Waals surface area contributed by atoms with Crippen LogP contribution < -0.4 is 14.9 Å². The Morgan fingerprint density at radius 1 is 0.925 bits per heavy atom. The first-order chi connectivity index (χ1) is 19.0. The van der Waals surface area contributed by atoms with E-state index >= 15 is 0 Å². The highest BCUT2D eigenvalue weighted by molar-refractivity contribution is 6.64. The van der Waals surface area contributed by atoms with E-state index in [4.69, 9.17) is 18.8 Å². The Bertz CT molecular complexity index is 1330. The molecule has 1 aliphatic heterocycles. The quantitative estimate of drug-likeness (QED) is 0.406. The largest absolute Gasteiger partial charge is 0.636 e. The summed E-state index contributed by atoms with van der Waals surface area (Å²) >= 11 is 0. The van der Waals surface area contributed by atoms with Gasteiger partial charge in [-0.25, -0.2) is 0 Å². The maximum atomic E-state index is 12.0. The van der Waals surface area contributed by atoms with Gasteiger partial charge >= 0.3 is 19.1 Å². The SMILES string of the molecule is Cc1cc(-c2cccc(COc3ccc(B4OC(=O)CN(C)CC(=O)O4)cc3)c2)c(C)cc1OCCC(C)(C)O. The van der Waals surface area contributed by atoms with Crippen LogP contribution in [0.5, 0.6) is 11.5 Å². The normalized spacial score (nSPS) is 14.7. The van der Waals surface area contributed by atoms with Crippen molar-refractivity contribution in [1.29, 1.82) is 0 Å². The minimum Gasteiger partial charge on any atom is -0.494 e. The number of hydrogen-bond acceptors (Lipinski definition) is 8. The molecule has 1 N–H and O–H groups in total. The summed E-state index contributed by atoms with van der Waals surface area (Å²) in [6.45, 7) is 8.49. The van der Waals surface area contributed by atoms with E-state index in [0.717, 1.165) is 33.6 Å². The van der Waals surface area contributed by atoms with Crippen LogP contribution >= 0.6 is 0 Å². The van der Waals surface area contributed by atoms with E-state index in [2.05, 4.69) is 25.1 Å². The summed E-state index contributed by atoms with van der Waals surface area (Å²) in [4.78, 5) is 25.6. The zero-order valence-corrected chi connectivity index (χ0v) is 23.7. The molecular formula is C31H36BNO7. The molecule has 0 aromatic heterocycles. The predicted octanol–water partition coefficient (Wildman–Crippen LogP) is 3.82. The Morgan fingerprint density at radius 3 is 2.25 bits per heavy atom. The van der Waals surface area contributed by atoms with Gasteiger partial charge in [0.05, 0.1) is 25.3 Å². The highest BCUT2D eigenvalue weighted by Gasteiger charge is 2.33. The molecule has 3 aromatic carbocycles. The Morgan fingerprint density at radius 2 is 1.60 bits per heavy atom. The Balaban J connectivity index is 1.39. The van der Waals surface area contributed by atoms with Crippen molar-refractivity contribution in [2.75, 3.05) is 26.7 Å². The average molecular weight is 545 g/mol. The number of aliphatic hydroxyl groups is 1. The van der Waals surface area contributed by atoms with E-state index < -0.39 is 24.7 Å². The van der Waals surface area contributed by atoms with Crippen molar-refractivity contribution in [3.8, 4) is 22.6 Å². The smallest absolute Gasteiger partial charge is 0.494 e. The topological polar surface area (TPSA) is 94.5 Å². The zero-order valence-electron chi connectivity index (χ0n) is 23.7. The molecule has 0 amide bonds. The van der Waals surface area contributed by atoms with Crippen LogP contribution in [0.15, 0.2) is 60.7 Å². The summed E-state index contributed by atoms with van der Waals surface area (Å²) in [5, 5.41) is 9.94. The van der Waals surface area contributed by atoms with Crippen molar-refractivity contribution >= 4 is 24.5 Å². The average Bonchev–Trinajstić information content (AvgIpc) is 2.87. The molecular weight excluding hydrogens is 509 g/mol. The van der Waals surface area contributed by atoms with Gasteiger partial charge in [0.1, 0.15) is 18.1 Å². The molecule has 40 heavy (non-hydrogen) atoms. The van der Waals surface area contributed by atoms with Gasteiger partial charge in [-0.15, -0.1) is 0 Å². The van der Waals surface area contributed by atoms with Gasteiger partial charge in [0.25, 0.3) is 0 Å². The molecule has 0 aliphatic carbocycles. The maximum Gasteiger partial charge on any atom is 0.636 e. The summed E-state index contributed by atoms with van der Waals surface area (Å²) in [5.41, 5.74) is 5.13. The minimum atomic E-state index is -1.08. The number of ether oxygens (including phenoxy) is 2. The van der Waals surface area contributed by atoms with Crippen molar-refractivity contribution in [1.82, 2.24) is 4.90 Å². The van der Waals surface area contributed by atoms with Crippen LogP contribution in [0.2, 0.25) is 0 Å². The Kier molecular flexibility index (Phi) is 9.17. The minimum absolute atomic E-state index is 0.0198. The summed E-state index contributed by atoms with van der Waals surface area (Å²) in [7, 11) is 0.574. The van der Waals surface area contributed by atoms with Gasteiger partial charge in [0.15, 0.2) is 0 Å². The lowest BCUT2D eigenvalue weighted by molar-refractivity contribution is -0.145. The monoisotopic (exact) mass is 545 g/mol. The standard InChI is InChI=1S/C31H36BNO7/c1-21-16-28(37-14-13-31(3,4)36)22(2)15-27(21)24-8-6-7-23(17-24)20-38-26-11-9-25(10-12-26)32-39-29(34)18-33(5)19-30(35)40-32/h6-12,15-17,36H,13-14,18-20H2,1-5H3. The zero-order chi connectivity index (χ0) is 28.9. The molecule has 210 valence electrons. The van der Waals surface area contributed by atoms with Crippen molar-refractivity contribution in [2.45, 2.75) is 46.3 Å². The molecule has 0 atom stereocenters. The van der Waals surface area contributed by atoms with Gasteiger partial charge in [0, 0.05) is 11.9 Å². The maximum absolute atomic E-state index is 12.0. The highest BCUT2D eigenvalue weighted by atomic mass is 16.6. The number of hydrogen-bond donors (Lipinski definition) is 1. The molecule has 4 rings (SSSR count). The molecule has 1 aliphatic rings. The molecule has 3 aromatic rings. The van der Waals surface area contributed by atoms with Gasteiger partial charge in [-0.3, -0.25) is 14.5 Å². The lowest BCUT2D eigenvalue weighted by atomic mass is 9.78. The lowest BCUT2D eigenvalue weighted by Crippen LogP contribution is -2.47. The Labute approximate surface area is 236 Å². The molecule has 0 bridgehead atoms. The van der Waals surface area contributed by atoms with Crippen LogP contribution in [0.4, 0.5) is 0 Å². The molecule has 1 saturated heterocycles. The van der Waals surface area contributed by atoms with Crippen molar-refractivity contribution in [3.05, 3.63) is 77.4 Å². The van der Waals surface area contributed by atoms with Crippen LogP contribution in [-0.4, -0.2) is 61.4 Å². The number of rotatable bonds is 9. The van der Waals surface area contributed by atoms with E-state index in [-0.39, 0.29) is 13.1 Å². The van der Waals surface area contributed by atoms with E-state index in [0.29, 0.717) is 30.8 Å². The van der Waals surface area contributed by atoms with E-state index in [1.165, 1.54) is 0 Å². The number of benzene rings is 3. The fourth-order valence-electron chi connectivity index (χ4n) is 4.35. The lowest BCUT2D eigenvalue weighted by Gasteiger charge is -2.22. The second-order valence-electron chi connectivity index (χ2n) is 10.9. The first-order valence-corrected chi connectivity index (χ1v) is 13.3. The molecule has 0 saturated carbocycles. The van der Waals surface area contributed by atoms with Crippen molar-refractivity contribution in [2.24, 2.45) is 0 Å². The third-order valence-corrected chi connectivity index (χ3v) is 6.56. The number of nitrogens with zero attached hydrogens (tertiary/aromatic N) is 1. The number of aryl methyl sites for hydroxylation is 2. The second kappa shape index (κ2) is 12.6. The predicted molar refractivity (Wildman–Crippen MR) is 154 cm³/mol. The van der Waals surface area contributed by atoms with Gasteiger partial charge in [-0.2, -0.15) is 0 Å². The number of carbonyl (C=O) groups is 2. The van der Waals surface area contributed by atoms with E-state index in [1.807, 2.05) is 25.1 Å². The second-order valence-corrected chi connectivity index (χ2v) is 10.9. The van der Waals surface area contributed by atoms with Crippen LogP contribution in [-0.2, 0) is 25.5 Å². The van der Waals surface area contributed by atoms with E-state index in [9.17, 15) is 14.7 Å². The fraction of sp³-hybridized carbons (Fsp3) is 0.355. The molecule has 1 heterocycles. The fourth-order valence-corrected chi connectivity index (χ4v) is 4.35. The van der Waals surface area contributed by atoms with Crippen molar-refractivity contribution in [3.63, 3.8) is 0 Å². The van der Waals surface area contributed by atoms with Crippen LogP contribution in [0.1, 0.15) is 37.0 Å². The first-order valence-electron chi connectivity index (χ1n) is 13.3. The summed E-state index contributed by atoms with van der Waals surface area (Å²) in [5.74, 6) is 0.541. The van der Waals surface area contributed by atoms with E-state index in [1.54, 1.807) is 50.1 Å². The van der Waals surface area contributed by atoms with Gasteiger partial charge in [0.2, 0.25) is 0 Å². The molecule has 0 spiro atoms. The van der Waals surface area contributed by atoms with Crippen LogP contribution in [0.3, 0.4) is 0 Å². The molecule has 8 nitrogen and oxygen atoms in total. The summed E-state index contributed by atoms with van der Waals surface area (Å²) in [6, 6.07) is 19.3. The summed E-state index contributed by atoms with van der Waals surface area (Å²) in [6.07, 6.45) is 0.553. The molecule has 0 unspecified atom stereocenters. The number of carbonyl (C=O) groups excluding carboxylic acids is 2. The first kappa shape index (κ1) is 29.2. The Hall–Kier alpha value is -3.82. The van der Waals surface area contributed by atoms with Crippen LogP contribution in [0, 0.1) is 13.8 Å². The molecule has 1 fully saturated rings. The number of likely N-dealkylation sites (N-methyl/N-ethyl adjacent to an activating group) is 1. The molecule has 0 radical (unpaired) electrons. The van der Waals surface area contributed by atoms with Gasteiger partial charge in [-0.05, 0) is 92.9 Å². The summed E-state index contributed by atoms with van der Waals surface area (Å²) < 4.78 is 22.6. The van der Waals surface area contributed by atoms with Crippen molar-refractivity contribution < 1.29 is 33.5 Å². The van der Waals surface area contributed by atoms with Crippen LogP contribution in [0.25, 0.3) is 11.1 Å². The highest BCUT2D eigenvalue weighted by Crippen LogP contribution is 2.31. The molecule has 9 heteroatoms. The third kappa shape index (κ3) is 8.10. The third-order valence-electron chi connectivity index (χ3n) is 6.56. The van der Waals surface area contributed by atoms with Gasteiger partial charge < -0.3 is 23.9 Å².